The van der Waals surface area contributed by atoms with E-state index in [1.165, 1.54) is 28.0 Å². The highest BCUT2D eigenvalue weighted by Gasteiger charge is 2.36. The molecule has 1 amide bonds. The van der Waals surface area contributed by atoms with Crippen molar-refractivity contribution in [2.24, 2.45) is 0 Å². The number of rotatable bonds is 4. The lowest BCUT2D eigenvalue weighted by Crippen LogP contribution is -2.28. The van der Waals surface area contributed by atoms with Gasteiger partial charge >= 0.3 is 6.18 Å². The van der Waals surface area contributed by atoms with Crippen LogP contribution in [0.25, 0.3) is 16.2 Å². The van der Waals surface area contributed by atoms with Crippen LogP contribution in [0.2, 0.25) is 0 Å². The Hall–Kier alpha value is -3.70. The summed E-state index contributed by atoms with van der Waals surface area (Å²) < 4.78 is 42.4. The number of carbonyl (C=O) groups excluding carboxylic acids is 1. The standard InChI is InChI=1S/C22H17F3N6OS/c1-30-10-9-17(29-30)15-11-14(7-8-16(15)22(23,24)25)20(32)28-19-18(13-5-3-2-4-6-13)27-21-31(19)26-12-33-21/h2-12,17,29H,1H3,(H,28,32). The largest absolute Gasteiger partial charge is 0.416 e. The summed E-state index contributed by atoms with van der Waals surface area (Å²) in [5, 5.41) is 8.59. The first-order valence-electron chi connectivity index (χ1n) is 9.89. The number of imidazole rings is 1. The van der Waals surface area contributed by atoms with E-state index in [0.29, 0.717) is 16.5 Å². The molecule has 7 nitrogen and oxygen atoms in total. The normalized spacial score (nSPS) is 16.0. The van der Waals surface area contributed by atoms with Gasteiger partial charge in [0, 0.05) is 24.4 Å². The van der Waals surface area contributed by atoms with Crippen LogP contribution in [0.1, 0.15) is 27.5 Å². The Morgan fingerprint density at radius 2 is 1.97 bits per heavy atom. The highest BCUT2D eigenvalue weighted by atomic mass is 32.1. The lowest BCUT2D eigenvalue weighted by Gasteiger charge is -2.20. The van der Waals surface area contributed by atoms with Gasteiger partial charge in [-0.25, -0.2) is 10.4 Å². The number of amides is 1. The lowest BCUT2D eigenvalue weighted by molar-refractivity contribution is -0.138. The molecule has 0 saturated carbocycles. The predicted molar refractivity (Wildman–Crippen MR) is 118 cm³/mol. The van der Waals surface area contributed by atoms with Crippen LogP contribution in [0.3, 0.4) is 0 Å². The number of nitrogens with one attached hydrogen (secondary N) is 2. The molecule has 11 heteroatoms. The number of anilines is 1. The van der Waals surface area contributed by atoms with Crippen LogP contribution in [0.15, 0.2) is 66.3 Å². The van der Waals surface area contributed by atoms with Crippen molar-refractivity contribution in [2.45, 2.75) is 12.2 Å². The number of halogens is 3. The van der Waals surface area contributed by atoms with Gasteiger partial charge in [-0.05, 0) is 29.8 Å². The molecule has 33 heavy (non-hydrogen) atoms. The molecule has 4 aromatic rings. The van der Waals surface area contributed by atoms with E-state index in [-0.39, 0.29) is 11.1 Å². The summed E-state index contributed by atoms with van der Waals surface area (Å²) in [6.07, 6.45) is -1.32. The van der Waals surface area contributed by atoms with Crippen molar-refractivity contribution in [2.75, 3.05) is 12.4 Å². The van der Waals surface area contributed by atoms with Crippen molar-refractivity contribution >= 4 is 28.0 Å². The van der Waals surface area contributed by atoms with Crippen LogP contribution < -0.4 is 10.7 Å². The maximum absolute atomic E-state index is 13.6. The molecule has 168 valence electrons. The van der Waals surface area contributed by atoms with E-state index in [1.54, 1.807) is 29.8 Å². The lowest BCUT2D eigenvalue weighted by atomic mass is 9.97. The highest BCUT2D eigenvalue weighted by Crippen LogP contribution is 2.37. The fourth-order valence-electron chi connectivity index (χ4n) is 3.70. The fourth-order valence-corrected chi connectivity index (χ4v) is 4.31. The molecule has 2 aromatic heterocycles. The number of hydrazine groups is 1. The van der Waals surface area contributed by atoms with Crippen molar-refractivity contribution < 1.29 is 18.0 Å². The second-order valence-electron chi connectivity index (χ2n) is 7.42. The van der Waals surface area contributed by atoms with Gasteiger partial charge in [-0.1, -0.05) is 41.7 Å². The summed E-state index contributed by atoms with van der Waals surface area (Å²) in [6, 6.07) is 11.9. The zero-order valence-corrected chi connectivity index (χ0v) is 18.0. The average Bonchev–Trinajstić information content (AvgIpc) is 3.51. The van der Waals surface area contributed by atoms with Crippen molar-refractivity contribution in [3.05, 3.63) is 83.0 Å². The van der Waals surface area contributed by atoms with E-state index >= 15 is 0 Å². The van der Waals surface area contributed by atoms with Gasteiger partial charge in [0.2, 0.25) is 4.96 Å². The second kappa shape index (κ2) is 8.01. The number of aromatic nitrogens is 3. The van der Waals surface area contributed by atoms with E-state index in [1.807, 2.05) is 30.3 Å². The van der Waals surface area contributed by atoms with Crippen LogP contribution in [-0.4, -0.2) is 32.6 Å². The van der Waals surface area contributed by atoms with Gasteiger partial charge in [0.05, 0.1) is 11.6 Å². The molecular formula is C22H17F3N6OS. The number of carbonyl (C=O) groups is 1. The summed E-state index contributed by atoms with van der Waals surface area (Å²) in [6.45, 7) is 0. The number of hydrogen-bond acceptors (Lipinski definition) is 6. The molecule has 3 heterocycles. The van der Waals surface area contributed by atoms with Crippen molar-refractivity contribution in [3.8, 4) is 11.3 Å². The zero-order chi connectivity index (χ0) is 23.2. The molecule has 1 aliphatic heterocycles. The molecule has 1 atom stereocenters. The number of fused-ring (bicyclic) bond motifs is 1. The monoisotopic (exact) mass is 470 g/mol. The topological polar surface area (TPSA) is 74.6 Å². The molecule has 0 spiro atoms. The first kappa shape index (κ1) is 21.2. The molecule has 1 unspecified atom stereocenters. The average molecular weight is 470 g/mol. The molecule has 5 rings (SSSR count). The maximum atomic E-state index is 13.6. The van der Waals surface area contributed by atoms with E-state index in [2.05, 4.69) is 20.8 Å². The third-order valence-electron chi connectivity index (χ3n) is 5.22. The first-order chi connectivity index (χ1) is 15.8. The van der Waals surface area contributed by atoms with Gasteiger partial charge in [0.15, 0.2) is 5.82 Å². The van der Waals surface area contributed by atoms with Crippen molar-refractivity contribution in [3.63, 3.8) is 0 Å². The number of benzene rings is 2. The van der Waals surface area contributed by atoms with E-state index < -0.39 is 23.7 Å². The zero-order valence-electron chi connectivity index (χ0n) is 17.2. The van der Waals surface area contributed by atoms with E-state index in [9.17, 15) is 18.0 Å². The second-order valence-corrected chi connectivity index (χ2v) is 8.23. The minimum Gasteiger partial charge on any atom is -0.318 e. The minimum absolute atomic E-state index is 0.0360. The van der Waals surface area contributed by atoms with Gasteiger partial charge in [0.1, 0.15) is 11.2 Å². The summed E-state index contributed by atoms with van der Waals surface area (Å²) in [4.78, 5) is 18.3. The Morgan fingerprint density at radius 3 is 2.67 bits per heavy atom. The summed E-state index contributed by atoms with van der Waals surface area (Å²) in [5.74, 6) is -0.213. The molecule has 1 aliphatic rings. The molecule has 0 fully saturated rings. The third kappa shape index (κ3) is 3.96. The van der Waals surface area contributed by atoms with Gasteiger partial charge in [-0.3, -0.25) is 4.79 Å². The number of hydrogen-bond donors (Lipinski definition) is 2. The first-order valence-corrected chi connectivity index (χ1v) is 10.8. The molecule has 0 radical (unpaired) electrons. The van der Waals surface area contributed by atoms with Crippen molar-refractivity contribution in [1.29, 1.82) is 0 Å². The molecule has 2 N–H and O–H groups in total. The Morgan fingerprint density at radius 1 is 1.18 bits per heavy atom. The smallest absolute Gasteiger partial charge is 0.318 e. The summed E-state index contributed by atoms with van der Waals surface area (Å²) >= 11 is 1.31. The van der Waals surface area contributed by atoms with Gasteiger partial charge in [-0.15, -0.1) is 0 Å². The summed E-state index contributed by atoms with van der Waals surface area (Å²) in [5.41, 5.74) is 5.07. The Bertz CT molecular complexity index is 1360. The third-order valence-corrected chi connectivity index (χ3v) is 5.90. The quantitative estimate of drug-likeness (QED) is 0.451. The van der Waals surface area contributed by atoms with Crippen LogP contribution >= 0.6 is 11.3 Å². The van der Waals surface area contributed by atoms with Crippen LogP contribution in [0, 0.1) is 0 Å². The Labute approximate surface area is 190 Å². The van der Waals surface area contributed by atoms with Crippen molar-refractivity contribution in [1.82, 2.24) is 25.0 Å². The van der Waals surface area contributed by atoms with Crippen LogP contribution in [0.5, 0.6) is 0 Å². The van der Waals surface area contributed by atoms with Gasteiger partial charge < -0.3 is 10.3 Å². The number of alkyl halides is 3. The molecule has 0 saturated heterocycles. The van der Waals surface area contributed by atoms with Gasteiger partial charge in [0.25, 0.3) is 5.91 Å². The molecular weight excluding hydrogens is 453 g/mol. The minimum atomic E-state index is -4.56. The molecule has 0 aliphatic carbocycles. The molecule has 0 bridgehead atoms. The maximum Gasteiger partial charge on any atom is 0.416 e. The van der Waals surface area contributed by atoms with Crippen LogP contribution in [0.4, 0.5) is 19.0 Å². The van der Waals surface area contributed by atoms with E-state index in [0.717, 1.165) is 11.6 Å². The number of nitrogens with zero attached hydrogens (tertiary/aromatic N) is 4. The van der Waals surface area contributed by atoms with E-state index in [4.69, 9.17) is 0 Å². The Balaban J connectivity index is 1.53. The summed E-state index contributed by atoms with van der Waals surface area (Å²) in [7, 11) is 1.68. The highest BCUT2D eigenvalue weighted by molar-refractivity contribution is 7.14. The Kier molecular flexibility index (Phi) is 5.14. The predicted octanol–water partition coefficient (Wildman–Crippen LogP) is 4.73. The SMILES string of the molecule is CN1C=CC(c2cc(C(=O)Nc3c(-c4ccccc4)nc4scnn34)ccc2C(F)(F)F)N1. The fraction of sp³-hybridized carbons (Fsp3) is 0.136. The molecule has 2 aromatic carbocycles. The van der Waals surface area contributed by atoms with Gasteiger partial charge in [-0.2, -0.15) is 22.8 Å². The van der Waals surface area contributed by atoms with Crippen LogP contribution in [-0.2, 0) is 6.18 Å².